The fourth-order valence-corrected chi connectivity index (χ4v) is 2.22. The van der Waals surface area contributed by atoms with Crippen LogP contribution in [0.3, 0.4) is 0 Å². The molecule has 2 heteroatoms. The van der Waals surface area contributed by atoms with Gasteiger partial charge in [0.25, 0.3) is 0 Å². The predicted octanol–water partition coefficient (Wildman–Crippen LogP) is 6.10. The van der Waals surface area contributed by atoms with Gasteiger partial charge in [-0.3, -0.25) is 0 Å². The average Bonchev–Trinajstić information content (AvgIpc) is 2.37. The molecule has 0 spiro atoms. The van der Waals surface area contributed by atoms with E-state index in [9.17, 15) is 0 Å². The maximum absolute atomic E-state index is 5.60. The van der Waals surface area contributed by atoms with Gasteiger partial charge in [0, 0.05) is 5.88 Å². The second-order valence-corrected chi connectivity index (χ2v) is 6.05. The molecule has 0 unspecified atom stereocenters. The Bertz CT molecular complexity index is 127. The zero-order valence-electron chi connectivity index (χ0n) is 14.0. The van der Waals surface area contributed by atoms with E-state index < -0.39 is 0 Å². The normalized spacial score (nSPS) is 10.4. The molecular weight excluding hydrogens is 254 g/mol. The summed E-state index contributed by atoms with van der Waals surface area (Å²) in [4.78, 5) is 2.18. The van der Waals surface area contributed by atoms with Crippen molar-refractivity contribution in [3.05, 3.63) is 0 Å². The molecule has 0 atom stereocenters. The van der Waals surface area contributed by atoms with E-state index in [1.54, 1.807) is 0 Å². The number of unbranched alkanes of at least 4 members (excludes halogenated alkanes) is 9. The molecule has 0 rings (SSSR count). The largest absolute Gasteiger partial charge is 0.309 e. The van der Waals surface area contributed by atoms with Crippen molar-refractivity contribution in [1.29, 1.82) is 0 Å². The van der Waals surface area contributed by atoms with E-state index in [1.165, 1.54) is 77.2 Å². The van der Waals surface area contributed by atoms with Crippen LogP contribution in [0, 0.1) is 0 Å². The van der Waals surface area contributed by atoms with E-state index >= 15 is 0 Å². The van der Waals surface area contributed by atoms with Crippen molar-refractivity contribution in [2.24, 2.45) is 0 Å². The van der Waals surface area contributed by atoms with E-state index in [2.05, 4.69) is 32.8 Å². The summed E-state index contributed by atoms with van der Waals surface area (Å²) in [5.41, 5.74) is 0. The Balaban J connectivity index is 0. The highest BCUT2D eigenvalue weighted by molar-refractivity contribution is 6.17. The summed E-state index contributed by atoms with van der Waals surface area (Å²) >= 11 is 5.60. The van der Waals surface area contributed by atoms with Crippen LogP contribution in [0.25, 0.3) is 0 Å². The van der Waals surface area contributed by atoms with Gasteiger partial charge in [0.2, 0.25) is 0 Å². The van der Waals surface area contributed by atoms with Crippen molar-refractivity contribution in [3.8, 4) is 0 Å². The van der Waals surface area contributed by atoms with Crippen molar-refractivity contribution < 1.29 is 0 Å². The Morgan fingerprint density at radius 2 is 1.05 bits per heavy atom. The number of halogens is 1. The van der Waals surface area contributed by atoms with Gasteiger partial charge in [-0.05, 0) is 33.5 Å². The molecule has 0 saturated heterocycles. The number of hydrogen-bond donors (Lipinski definition) is 0. The van der Waals surface area contributed by atoms with Gasteiger partial charge in [0.15, 0.2) is 0 Å². The summed E-state index contributed by atoms with van der Waals surface area (Å²) in [7, 11) is 4.17. The van der Waals surface area contributed by atoms with Gasteiger partial charge in [0.1, 0.15) is 0 Å². The Labute approximate surface area is 128 Å². The third-order valence-electron chi connectivity index (χ3n) is 3.16. The molecule has 0 aliphatic rings. The zero-order valence-corrected chi connectivity index (χ0v) is 14.8. The molecule has 0 radical (unpaired) electrons. The minimum Gasteiger partial charge on any atom is -0.309 e. The maximum Gasteiger partial charge on any atom is 0.0223 e. The van der Waals surface area contributed by atoms with Crippen LogP contribution in [0.4, 0.5) is 0 Å². The quantitative estimate of drug-likeness (QED) is 0.310. The van der Waals surface area contributed by atoms with Crippen LogP contribution in [0.15, 0.2) is 0 Å². The first-order valence-electron chi connectivity index (χ1n) is 8.39. The second-order valence-electron chi connectivity index (χ2n) is 5.67. The molecule has 0 aliphatic heterocycles. The van der Waals surface area contributed by atoms with Gasteiger partial charge >= 0.3 is 0 Å². The third kappa shape index (κ3) is 27.4. The SMILES string of the molecule is CCCCCCCCCCCCCl.CCCN(C)C. The van der Waals surface area contributed by atoms with E-state index in [4.69, 9.17) is 11.6 Å². The zero-order chi connectivity index (χ0) is 14.8. The summed E-state index contributed by atoms with van der Waals surface area (Å²) in [6.45, 7) is 5.66. The van der Waals surface area contributed by atoms with Crippen LogP contribution in [0.2, 0.25) is 0 Å². The van der Waals surface area contributed by atoms with Gasteiger partial charge in [0.05, 0.1) is 0 Å². The lowest BCUT2D eigenvalue weighted by Gasteiger charge is -2.03. The van der Waals surface area contributed by atoms with E-state index in [-0.39, 0.29) is 0 Å². The molecule has 1 nitrogen and oxygen atoms in total. The first-order valence-corrected chi connectivity index (χ1v) is 8.93. The first kappa shape index (κ1) is 21.5. The van der Waals surface area contributed by atoms with E-state index in [0.29, 0.717) is 0 Å². The van der Waals surface area contributed by atoms with Gasteiger partial charge in [-0.15, -0.1) is 11.6 Å². The van der Waals surface area contributed by atoms with Crippen molar-refractivity contribution in [2.75, 3.05) is 26.5 Å². The molecule has 0 amide bonds. The molecule has 0 N–H and O–H groups in total. The standard InChI is InChI=1S/C12H25Cl.C5H13N/c1-2-3-4-5-6-7-8-9-10-11-12-13;1-4-5-6(2)3/h2-12H2,1H3;4-5H2,1-3H3. The van der Waals surface area contributed by atoms with E-state index in [1.807, 2.05) is 0 Å². The number of rotatable bonds is 12. The lowest BCUT2D eigenvalue weighted by molar-refractivity contribution is 0.408. The van der Waals surface area contributed by atoms with Gasteiger partial charge in [-0.25, -0.2) is 0 Å². The van der Waals surface area contributed by atoms with E-state index in [0.717, 1.165) is 5.88 Å². The van der Waals surface area contributed by atoms with Crippen molar-refractivity contribution in [3.63, 3.8) is 0 Å². The molecule has 0 saturated carbocycles. The average molecular weight is 292 g/mol. The summed E-state index contributed by atoms with van der Waals surface area (Å²) in [5, 5.41) is 0. The molecule has 0 aliphatic carbocycles. The van der Waals surface area contributed by atoms with Crippen LogP contribution in [-0.2, 0) is 0 Å². The van der Waals surface area contributed by atoms with Crippen LogP contribution >= 0.6 is 11.6 Å². The van der Waals surface area contributed by atoms with Crippen molar-refractivity contribution >= 4 is 11.6 Å². The van der Waals surface area contributed by atoms with Crippen LogP contribution in [0.1, 0.15) is 84.5 Å². The van der Waals surface area contributed by atoms with Gasteiger partial charge < -0.3 is 4.90 Å². The highest BCUT2D eigenvalue weighted by atomic mass is 35.5. The van der Waals surface area contributed by atoms with Crippen LogP contribution in [-0.4, -0.2) is 31.4 Å². The Morgan fingerprint density at radius 3 is 1.32 bits per heavy atom. The topological polar surface area (TPSA) is 3.24 Å². The monoisotopic (exact) mass is 291 g/mol. The predicted molar refractivity (Wildman–Crippen MR) is 91.4 cm³/mol. The summed E-state index contributed by atoms with van der Waals surface area (Å²) in [6, 6.07) is 0. The van der Waals surface area contributed by atoms with Crippen molar-refractivity contribution in [1.82, 2.24) is 4.90 Å². The highest BCUT2D eigenvalue weighted by Crippen LogP contribution is 2.10. The van der Waals surface area contributed by atoms with Crippen molar-refractivity contribution in [2.45, 2.75) is 84.5 Å². The molecule has 0 heterocycles. The number of nitrogens with zero attached hydrogens (tertiary/aromatic N) is 1. The molecule has 0 aromatic heterocycles. The molecular formula is C17H38ClN. The first-order chi connectivity index (χ1) is 9.18. The molecule has 0 aromatic carbocycles. The van der Waals surface area contributed by atoms with Crippen LogP contribution < -0.4 is 0 Å². The number of hydrogen-bond acceptors (Lipinski definition) is 1. The third-order valence-corrected chi connectivity index (χ3v) is 3.43. The summed E-state index contributed by atoms with van der Waals surface area (Å²) < 4.78 is 0. The Hall–Kier alpha value is 0.250. The lowest BCUT2D eigenvalue weighted by atomic mass is 10.1. The smallest absolute Gasteiger partial charge is 0.0223 e. The fraction of sp³-hybridized carbons (Fsp3) is 1.00. The molecule has 19 heavy (non-hydrogen) atoms. The number of alkyl halides is 1. The second kappa shape index (κ2) is 20.6. The maximum atomic E-state index is 5.60. The molecule has 0 fully saturated rings. The highest BCUT2D eigenvalue weighted by Gasteiger charge is 1.91. The van der Waals surface area contributed by atoms with Crippen LogP contribution in [0.5, 0.6) is 0 Å². The minimum absolute atomic E-state index is 0.844. The molecule has 0 bridgehead atoms. The lowest BCUT2D eigenvalue weighted by Crippen LogP contribution is -2.11. The summed E-state index contributed by atoms with van der Waals surface area (Å²) in [6.07, 6.45) is 15.2. The molecule has 118 valence electrons. The van der Waals surface area contributed by atoms with Gasteiger partial charge in [-0.1, -0.05) is 71.6 Å². The van der Waals surface area contributed by atoms with Gasteiger partial charge in [-0.2, -0.15) is 0 Å². The Morgan fingerprint density at radius 1 is 0.632 bits per heavy atom. The minimum atomic E-state index is 0.844. The fourth-order valence-electron chi connectivity index (χ4n) is 2.03. The Kier molecular flexibility index (Phi) is 23.3. The molecule has 0 aromatic rings. The summed E-state index contributed by atoms with van der Waals surface area (Å²) in [5.74, 6) is 0.844.